The van der Waals surface area contributed by atoms with Crippen molar-refractivity contribution < 1.29 is 0 Å². The molecule has 0 aromatic heterocycles. The van der Waals surface area contributed by atoms with Crippen molar-refractivity contribution in [2.75, 3.05) is 13.1 Å². The number of nitriles is 1. The summed E-state index contributed by atoms with van der Waals surface area (Å²) in [6.45, 7) is 4.60. The molecule has 0 atom stereocenters. The van der Waals surface area contributed by atoms with E-state index < -0.39 is 0 Å². The zero-order valence-electron chi connectivity index (χ0n) is 10.9. The quantitative estimate of drug-likeness (QED) is 0.789. The molecule has 2 fully saturated rings. The number of hydrogen-bond acceptors (Lipinski definition) is 3. The lowest BCUT2D eigenvalue weighted by Crippen LogP contribution is -2.56. The van der Waals surface area contributed by atoms with Crippen molar-refractivity contribution in [1.82, 2.24) is 10.6 Å². The second-order valence-corrected chi connectivity index (χ2v) is 5.69. The van der Waals surface area contributed by atoms with E-state index >= 15 is 0 Å². The summed E-state index contributed by atoms with van der Waals surface area (Å²) in [6, 6.07) is 2.41. The molecule has 3 heteroatoms. The minimum Gasteiger partial charge on any atom is -0.301 e. The Labute approximate surface area is 105 Å². The number of nitrogens with zero attached hydrogens (tertiary/aromatic N) is 1. The minimum atomic E-state index is 0.322. The van der Waals surface area contributed by atoms with Crippen molar-refractivity contribution in [3.05, 3.63) is 0 Å². The van der Waals surface area contributed by atoms with Crippen LogP contribution in [-0.4, -0.2) is 19.3 Å². The van der Waals surface area contributed by atoms with E-state index in [4.69, 9.17) is 5.26 Å². The fourth-order valence-corrected chi connectivity index (χ4v) is 3.26. The van der Waals surface area contributed by atoms with Crippen LogP contribution in [0.4, 0.5) is 0 Å². The zero-order chi connectivity index (χ0) is 12.1. The topological polar surface area (TPSA) is 47.9 Å². The molecule has 96 valence electrons. The van der Waals surface area contributed by atoms with Gasteiger partial charge in [0.25, 0.3) is 0 Å². The third-order valence-corrected chi connectivity index (χ3v) is 4.38. The minimum absolute atomic E-state index is 0.322. The molecule has 0 unspecified atom stereocenters. The van der Waals surface area contributed by atoms with E-state index in [1.807, 2.05) is 0 Å². The SMILES string of the molecule is CCCC1CNC(C2CCC(C#N)CC2)NC1. The number of rotatable bonds is 3. The van der Waals surface area contributed by atoms with Crippen LogP contribution in [0.1, 0.15) is 45.4 Å². The van der Waals surface area contributed by atoms with Crippen LogP contribution in [0.3, 0.4) is 0 Å². The monoisotopic (exact) mass is 235 g/mol. The Bertz CT molecular complexity index is 255. The second-order valence-electron chi connectivity index (χ2n) is 5.69. The van der Waals surface area contributed by atoms with E-state index in [1.165, 1.54) is 38.8 Å². The Morgan fingerprint density at radius 2 is 1.76 bits per heavy atom. The van der Waals surface area contributed by atoms with Crippen LogP contribution in [0.25, 0.3) is 0 Å². The van der Waals surface area contributed by atoms with Crippen molar-refractivity contribution in [2.45, 2.75) is 51.6 Å². The highest BCUT2D eigenvalue weighted by atomic mass is 15.2. The molecule has 17 heavy (non-hydrogen) atoms. The first kappa shape index (κ1) is 12.9. The standard InChI is InChI=1S/C14H25N3/c1-2-3-12-9-16-14(17-10-12)13-6-4-11(8-15)5-7-13/h11-14,16-17H,2-7,9-10H2,1H3. The van der Waals surface area contributed by atoms with Gasteiger partial charge in [0.05, 0.1) is 12.2 Å². The second kappa shape index (κ2) is 6.37. The van der Waals surface area contributed by atoms with Gasteiger partial charge in [0, 0.05) is 19.0 Å². The molecule has 1 saturated heterocycles. The zero-order valence-corrected chi connectivity index (χ0v) is 10.9. The lowest BCUT2D eigenvalue weighted by Gasteiger charge is -2.38. The molecule has 2 N–H and O–H groups in total. The Hall–Kier alpha value is -0.590. The lowest BCUT2D eigenvalue weighted by atomic mass is 9.80. The smallest absolute Gasteiger partial charge is 0.0655 e. The normalized spacial score (nSPS) is 38.6. The Kier molecular flexibility index (Phi) is 4.82. The van der Waals surface area contributed by atoms with E-state index in [1.54, 1.807) is 0 Å². The first-order valence-electron chi connectivity index (χ1n) is 7.19. The maximum Gasteiger partial charge on any atom is 0.0655 e. The largest absolute Gasteiger partial charge is 0.301 e. The molecular formula is C14H25N3. The average molecular weight is 235 g/mol. The van der Waals surface area contributed by atoms with E-state index in [-0.39, 0.29) is 0 Å². The van der Waals surface area contributed by atoms with Crippen molar-refractivity contribution in [2.24, 2.45) is 17.8 Å². The highest BCUT2D eigenvalue weighted by Gasteiger charge is 2.29. The molecule has 0 aromatic rings. The van der Waals surface area contributed by atoms with E-state index in [9.17, 15) is 0 Å². The summed E-state index contributed by atoms with van der Waals surface area (Å²) in [5, 5.41) is 16.2. The summed E-state index contributed by atoms with van der Waals surface area (Å²) >= 11 is 0. The summed E-state index contributed by atoms with van der Waals surface area (Å²) < 4.78 is 0. The van der Waals surface area contributed by atoms with Crippen molar-refractivity contribution in [1.29, 1.82) is 5.26 Å². The van der Waals surface area contributed by atoms with Crippen LogP contribution >= 0.6 is 0 Å². The molecule has 0 spiro atoms. The number of hydrogen-bond donors (Lipinski definition) is 2. The fraction of sp³-hybridized carbons (Fsp3) is 0.929. The predicted octanol–water partition coefficient (Wildman–Crippen LogP) is 2.25. The van der Waals surface area contributed by atoms with Gasteiger partial charge >= 0.3 is 0 Å². The van der Waals surface area contributed by atoms with Crippen LogP contribution in [0.5, 0.6) is 0 Å². The van der Waals surface area contributed by atoms with Gasteiger partial charge in [-0.05, 0) is 43.9 Å². The van der Waals surface area contributed by atoms with Crippen molar-refractivity contribution in [3.8, 4) is 6.07 Å². The molecule has 0 bridgehead atoms. The van der Waals surface area contributed by atoms with Gasteiger partial charge in [-0.1, -0.05) is 13.3 Å². The maximum atomic E-state index is 8.90. The van der Waals surface area contributed by atoms with Gasteiger partial charge in [0.15, 0.2) is 0 Å². The summed E-state index contributed by atoms with van der Waals surface area (Å²) in [5.74, 6) is 1.87. The highest BCUT2D eigenvalue weighted by Crippen LogP contribution is 2.30. The molecular weight excluding hydrogens is 210 g/mol. The Morgan fingerprint density at radius 3 is 2.29 bits per heavy atom. The Balaban J connectivity index is 1.72. The molecule has 2 rings (SSSR count). The average Bonchev–Trinajstić information content (AvgIpc) is 2.40. The molecule has 0 amide bonds. The summed E-state index contributed by atoms with van der Waals surface area (Å²) in [6.07, 6.45) is 7.73. The number of nitrogens with one attached hydrogen (secondary N) is 2. The van der Waals surface area contributed by atoms with E-state index in [0.717, 1.165) is 24.7 Å². The highest BCUT2D eigenvalue weighted by molar-refractivity contribution is 4.91. The third kappa shape index (κ3) is 3.43. The maximum absolute atomic E-state index is 8.90. The molecule has 1 aliphatic heterocycles. The van der Waals surface area contributed by atoms with Gasteiger partial charge in [-0.2, -0.15) is 5.26 Å². The van der Waals surface area contributed by atoms with Crippen molar-refractivity contribution in [3.63, 3.8) is 0 Å². The molecule has 0 radical (unpaired) electrons. The lowest BCUT2D eigenvalue weighted by molar-refractivity contribution is 0.173. The third-order valence-electron chi connectivity index (χ3n) is 4.38. The summed E-state index contributed by atoms with van der Waals surface area (Å²) in [7, 11) is 0. The van der Waals surface area contributed by atoms with Crippen LogP contribution in [0.15, 0.2) is 0 Å². The molecule has 0 aromatic carbocycles. The molecule has 1 aliphatic carbocycles. The summed E-state index contributed by atoms with van der Waals surface area (Å²) in [4.78, 5) is 0. The van der Waals surface area contributed by atoms with Crippen LogP contribution < -0.4 is 10.6 Å². The predicted molar refractivity (Wildman–Crippen MR) is 69.3 cm³/mol. The first-order chi connectivity index (χ1) is 8.33. The van der Waals surface area contributed by atoms with E-state index in [0.29, 0.717) is 12.1 Å². The van der Waals surface area contributed by atoms with Gasteiger partial charge < -0.3 is 10.6 Å². The van der Waals surface area contributed by atoms with E-state index in [2.05, 4.69) is 23.6 Å². The van der Waals surface area contributed by atoms with Gasteiger partial charge in [0.2, 0.25) is 0 Å². The van der Waals surface area contributed by atoms with Gasteiger partial charge in [-0.25, -0.2) is 0 Å². The van der Waals surface area contributed by atoms with Crippen LogP contribution in [0.2, 0.25) is 0 Å². The van der Waals surface area contributed by atoms with Gasteiger partial charge in [-0.3, -0.25) is 0 Å². The van der Waals surface area contributed by atoms with Crippen LogP contribution in [0, 0.1) is 29.1 Å². The van der Waals surface area contributed by atoms with Gasteiger partial charge in [-0.15, -0.1) is 0 Å². The van der Waals surface area contributed by atoms with Crippen LogP contribution in [-0.2, 0) is 0 Å². The molecule has 2 aliphatic rings. The first-order valence-corrected chi connectivity index (χ1v) is 7.19. The summed E-state index contributed by atoms with van der Waals surface area (Å²) in [5.41, 5.74) is 0. The fourth-order valence-electron chi connectivity index (χ4n) is 3.26. The molecule has 3 nitrogen and oxygen atoms in total. The molecule has 1 heterocycles. The van der Waals surface area contributed by atoms with Crippen molar-refractivity contribution >= 4 is 0 Å². The van der Waals surface area contributed by atoms with Gasteiger partial charge in [0.1, 0.15) is 0 Å². The Morgan fingerprint density at radius 1 is 1.12 bits per heavy atom. The molecule has 1 saturated carbocycles.